The Balaban J connectivity index is 1.73. The van der Waals surface area contributed by atoms with Crippen LogP contribution in [0.25, 0.3) is 0 Å². The minimum absolute atomic E-state index is 0.00956. The number of carboxylic acids is 1. The van der Waals surface area contributed by atoms with E-state index < -0.39 is 29.2 Å². The predicted molar refractivity (Wildman–Crippen MR) is 81.0 cm³/mol. The number of anilines is 1. The second-order valence-electron chi connectivity index (χ2n) is 6.37. The van der Waals surface area contributed by atoms with E-state index in [9.17, 15) is 27.9 Å². The van der Waals surface area contributed by atoms with Gasteiger partial charge in [-0.3, -0.25) is 4.79 Å². The molecule has 2 heterocycles. The zero-order chi connectivity index (χ0) is 18.2. The van der Waals surface area contributed by atoms with Gasteiger partial charge in [0, 0.05) is 31.3 Å². The number of benzene rings is 1. The number of urea groups is 1. The number of carboxylic acid groups (broad SMARTS) is 1. The van der Waals surface area contributed by atoms with Crippen molar-refractivity contribution in [2.45, 2.75) is 12.6 Å². The van der Waals surface area contributed by atoms with E-state index in [4.69, 9.17) is 4.74 Å². The lowest BCUT2D eigenvalue weighted by Gasteiger charge is -2.33. The smallest absolute Gasteiger partial charge is 0.416 e. The summed E-state index contributed by atoms with van der Waals surface area (Å²) < 4.78 is 43.5. The summed E-state index contributed by atoms with van der Waals surface area (Å²) >= 11 is 0. The molecule has 0 spiro atoms. The van der Waals surface area contributed by atoms with Gasteiger partial charge in [-0.1, -0.05) is 6.07 Å². The Morgan fingerprint density at radius 2 is 2.12 bits per heavy atom. The Bertz CT molecular complexity index is 694. The van der Waals surface area contributed by atoms with E-state index in [1.165, 1.54) is 17.0 Å². The van der Waals surface area contributed by atoms with Crippen LogP contribution >= 0.6 is 0 Å². The van der Waals surface area contributed by atoms with Crippen molar-refractivity contribution in [3.63, 3.8) is 0 Å². The summed E-state index contributed by atoms with van der Waals surface area (Å²) in [5.41, 5.74) is -1.91. The van der Waals surface area contributed by atoms with Crippen LogP contribution in [-0.2, 0) is 15.7 Å². The van der Waals surface area contributed by atoms with Crippen molar-refractivity contribution in [1.82, 2.24) is 4.90 Å². The molecule has 136 valence electrons. The van der Waals surface area contributed by atoms with Gasteiger partial charge in [-0.2, -0.15) is 13.2 Å². The van der Waals surface area contributed by atoms with Crippen molar-refractivity contribution in [2.24, 2.45) is 11.3 Å². The Hall–Kier alpha value is -2.29. The molecule has 1 aromatic rings. The topological polar surface area (TPSA) is 78.9 Å². The standard InChI is InChI=1S/C16H17F3N2O4/c17-16(18,19)10-2-1-3-12(6-10)20-14(24)21-7-11-8-25-5-4-15(11,9-21)13(22)23/h1-3,6,11H,4-5,7-9H2,(H,20,24)(H,22,23)/t11-,15+/m1/s1. The number of likely N-dealkylation sites (tertiary alicyclic amines) is 1. The number of fused-ring (bicyclic) bond motifs is 1. The average molecular weight is 358 g/mol. The molecule has 9 heteroatoms. The highest BCUT2D eigenvalue weighted by Gasteiger charge is 2.55. The fourth-order valence-corrected chi connectivity index (χ4v) is 3.43. The van der Waals surface area contributed by atoms with E-state index in [-0.39, 0.29) is 31.3 Å². The number of nitrogens with one attached hydrogen (secondary N) is 1. The number of alkyl halides is 3. The van der Waals surface area contributed by atoms with Crippen molar-refractivity contribution in [2.75, 3.05) is 31.6 Å². The summed E-state index contributed by atoms with van der Waals surface area (Å²) in [7, 11) is 0. The molecule has 2 aliphatic rings. The largest absolute Gasteiger partial charge is 0.481 e. The zero-order valence-electron chi connectivity index (χ0n) is 13.2. The quantitative estimate of drug-likeness (QED) is 0.852. The van der Waals surface area contributed by atoms with Crippen molar-refractivity contribution in [1.29, 1.82) is 0 Å². The Kier molecular flexibility index (Phi) is 4.36. The Morgan fingerprint density at radius 1 is 1.36 bits per heavy atom. The third-order valence-electron chi connectivity index (χ3n) is 4.86. The first-order valence-electron chi connectivity index (χ1n) is 7.77. The molecule has 2 atom stereocenters. The van der Waals surface area contributed by atoms with Gasteiger partial charge in [-0.15, -0.1) is 0 Å². The second kappa shape index (κ2) is 6.21. The second-order valence-corrected chi connectivity index (χ2v) is 6.37. The van der Waals surface area contributed by atoms with Gasteiger partial charge in [0.1, 0.15) is 0 Å². The van der Waals surface area contributed by atoms with E-state index in [0.29, 0.717) is 13.0 Å². The highest BCUT2D eigenvalue weighted by molar-refractivity contribution is 5.90. The molecule has 0 bridgehead atoms. The summed E-state index contributed by atoms with van der Waals surface area (Å²) in [5.74, 6) is -1.30. The molecule has 0 unspecified atom stereocenters. The molecule has 2 N–H and O–H groups in total. The SMILES string of the molecule is O=C(Nc1cccc(C(F)(F)F)c1)N1C[C@@H]2COCC[C@]2(C(=O)O)C1. The highest BCUT2D eigenvalue weighted by Crippen LogP contribution is 2.42. The van der Waals surface area contributed by atoms with E-state index >= 15 is 0 Å². The fourth-order valence-electron chi connectivity index (χ4n) is 3.43. The molecule has 0 aromatic heterocycles. The van der Waals surface area contributed by atoms with Crippen LogP contribution in [-0.4, -0.2) is 48.3 Å². The molecular formula is C16H17F3N2O4. The zero-order valence-corrected chi connectivity index (χ0v) is 13.2. The minimum atomic E-state index is -4.51. The van der Waals surface area contributed by atoms with Gasteiger partial charge < -0.3 is 20.1 Å². The number of hydrogen-bond acceptors (Lipinski definition) is 3. The summed E-state index contributed by atoms with van der Waals surface area (Å²) in [5, 5.41) is 12.0. The number of hydrogen-bond donors (Lipinski definition) is 2. The van der Waals surface area contributed by atoms with Crippen LogP contribution in [0.15, 0.2) is 24.3 Å². The van der Waals surface area contributed by atoms with Crippen LogP contribution in [0.3, 0.4) is 0 Å². The minimum Gasteiger partial charge on any atom is -0.481 e. The number of amides is 2. The first-order chi connectivity index (χ1) is 11.7. The lowest BCUT2D eigenvalue weighted by atomic mass is 9.74. The van der Waals surface area contributed by atoms with Crippen LogP contribution in [0.2, 0.25) is 0 Å². The van der Waals surface area contributed by atoms with Crippen LogP contribution < -0.4 is 5.32 Å². The molecule has 6 nitrogen and oxygen atoms in total. The maximum Gasteiger partial charge on any atom is 0.416 e. The van der Waals surface area contributed by atoms with E-state index in [2.05, 4.69) is 5.32 Å². The summed E-state index contributed by atoms with van der Waals surface area (Å²) in [6, 6.07) is 3.70. The van der Waals surface area contributed by atoms with Crippen LogP contribution in [0.4, 0.5) is 23.7 Å². The number of ether oxygens (including phenoxy) is 1. The van der Waals surface area contributed by atoms with E-state index in [1.807, 2.05) is 0 Å². The first-order valence-corrected chi connectivity index (χ1v) is 7.77. The summed E-state index contributed by atoms with van der Waals surface area (Å²) in [4.78, 5) is 25.4. The van der Waals surface area contributed by atoms with Gasteiger partial charge >= 0.3 is 18.2 Å². The van der Waals surface area contributed by atoms with E-state index in [1.54, 1.807) is 0 Å². The average Bonchev–Trinajstić information content (AvgIpc) is 2.95. The van der Waals surface area contributed by atoms with Crippen molar-refractivity contribution < 1.29 is 32.6 Å². The van der Waals surface area contributed by atoms with Gasteiger partial charge in [0.2, 0.25) is 0 Å². The highest BCUT2D eigenvalue weighted by atomic mass is 19.4. The van der Waals surface area contributed by atoms with Crippen LogP contribution in [0.1, 0.15) is 12.0 Å². The molecule has 1 aromatic carbocycles. The van der Waals surface area contributed by atoms with Gasteiger partial charge in [0.15, 0.2) is 0 Å². The normalized spacial score (nSPS) is 26.2. The van der Waals surface area contributed by atoms with Crippen molar-refractivity contribution in [3.05, 3.63) is 29.8 Å². The van der Waals surface area contributed by atoms with Crippen LogP contribution in [0, 0.1) is 11.3 Å². The maximum absolute atomic E-state index is 12.7. The number of halogens is 3. The molecule has 2 amide bonds. The van der Waals surface area contributed by atoms with Crippen LogP contribution in [0.5, 0.6) is 0 Å². The predicted octanol–water partition coefficient (Wildman–Crippen LogP) is 2.66. The summed E-state index contributed by atoms with van der Waals surface area (Å²) in [6.07, 6.45) is -4.20. The molecule has 0 aliphatic carbocycles. The monoisotopic (exact) mass is 358 g/mol. The fraction of sp³-hybridized carbons (Fsp3) is 0.500. The molecule has 0 saturated carbocycles. The number of carbonyl (C=O) groups excluding carboxylic acids is 1. The lowest BCUT2D eigenvalue weighted by Crippen LogP contribution is -2.45. The van der Waals surface area contributed by atoms with Gasteiger partial charge in [0.05, 0.1) is 17.6 Å². The molecule has 3 rings (SSSR count). The molecule has 25 heavy (non-hydrogen) atoms. The third-order valence-corrected chi connectivity index (χ3v) is 4.86. The van der Waals surface area contributed by atoms with Crippen molar-refractivity contribution in [3.8, 4) is 0 Å². The molecule has 2 saturated heterocycles. The first kappa shape index (κ1) is 17.5. The molecule has 0 radical (unpaired) electrons. The number of rotatable bonds is 2. The lowest BCUT2D eigenvalue weighted by molar-refractivity contribution is -0.157. The Labute approximate surface area is 141 Å². The van der Waals surface area contributed by atoms with Gasteiger partial charge in [-0.25, -0.2) is 4.79 Å². The van der Waals surface area contributed by atoms with Gasteiger partial charge in [-0.05, 0) is 24.6 Å². The summed E-state index contributed by atoms with van der Waals surface area (Å²) in [6.45, 7) is 0.768. The number of carbonyl (C=O) groups is 2. The molecule has 2 aliphatic heterocycles. The number of aliphatic carboxylic acids is 1. The molecular weight excluding hydrogens is 341 g/mol. The Morgan fingerprint density at radius 3 is 2.76 bits per heavy atom. The molecule has 2 fully saturated rings. The maximum atomic E-state index is 12.7. The van der Waals surface area contributed by atoms with Crippen molar-refractivity contribution >= 4 is 17.7 Å². The van der Waals surface area contributed by atoms with E-state index in [0.717, 1.165) is 12.1 Å². The van der Waals surface area contributed by atoms with Gasteiger partial charge in [0.25, 0.3) is 0 Å². The number of nitrogens with zero attached hydrogens (tertiary/aromatic N) is 1. The third kappa shape index (κ3) is 3.28.